The molecule has 1 heterocycles. The van der Waals surface area contributed by atoms with E-state index in [0.717, 1.165) is 25.3 Å². The summed E-state index contributed by atoms with van der Waals surface area (Å²) in [6.07, 6.45) is 0.772. The highest BCUT2D eigenvalue weighted by Crippen LogP contribution is 2.12. The largest absolute Gasteiger partial charge is 0.444 e. The van der Waals surface area contributed by atoms with Gasteiger partial charge in [-0.25, -0.2) is 9.59 Å². The maximum Gasteiger partial charge on any atom is 0.407 e. The van der Waals surface area contributed by atoms with E-state index in [1.165, 1.54) is 0 Å². The van der Waals surface area contributed by atoms with Gasteiger partial charge in [0, 0.05) is 33.2 Å². The number of alkyl carbamates (subject to hydrolysis) is 2. The van der Waals surface area contributed by atoms with Crippen LogP contribution in [0.2, 0.25) is 0 Å². The van der Waals surface area contributed by atoms with Crippen molar-refractivity contribution in [2.24, 2.45) is 4.99 Å². The Morgan fingerprint density at radius 1 is 1.00 bits per heavy atom. The van der Waals surface area contributed by atoms with Gasteiger partial charge < -0.3 is 30.3 Å². The summed E-state index contributed by atoms with van der Waals surface area (Å²) < 4.78 is 10.5. The molecule has 28 heavy (non-hydrogen) atoms. The summed E-state index contributed by atoms with van der Waals surface area (Å²) in [5.41, 5.74) is -1.00. The number of ether oxygens (including phenoxy) is 2. The minimum absolute atomic E-state index is 0.0298. The molecule has 0 aliphatic carbocycles. The van der Waals surface area contributed by atoms with Crippen molar-refractivity contribution in [1.29, 1.82) is 0 Å². The molecule has 1 fully saturated rings. The second-order valence-electron chi connectivity index (χ2n) is 8.83. The molecule has 1 rings (SSSR count). The molecule has 9 nitrogen and oxygen atoms in total. The van der Waals surface area contributed by atoms with Gasteiger partial charge in [-0.1, -0.05) is 0 Å². The van der Waals surface area contributed by atoms with E-state index >= 15 is 0 Å². The van der Waals surface area contributed by atoms with E-state index in [9.17, 15) is 9.59 Å². The van der Waals surface area contributed by atoms with Crippen LogP contribution in [0.3, 0.4) is 0 Å². The van der Waals surface area contributed by atoms with Crippen LogP contribution in [0, 0.1) is 0 Å². The Balaban J connectivity index is 2.28. The Morgan fingerprint density at radius 2 is 1.57 bits per heavy atom. The summed E-state index contributed by atoms with van der Waals surface area (Å²) in [6, 6.07) is 0.0298. The first-order chi connectivity index (χ1) is 12.9. The van der Waals surface area contributed by atoms with Crippen LogP contribution in [0.25, 0.3) is 0 Å². The molecule has 9 heteroatoms. The van der Waals surface area contributed by atoms with Gasteiger partial charge in [0.15, 0.2) is 5.96 Å². The van der Waals surface area contributed by atoms with Crippen LogP contribution in [0.5, 0.6) is 0 Å². The molecule has 0 spiro atoms. The van der Waals surface area contributed by atoms with Gasteiger partial charge in [0.25, 0.3) is 0 Å². The number of amides is 2. The fourth-order valence-electron chi connectivity index (χ4n) is 2.67. The summed E-state index contributed by atoms with van der Waals surface area (Å²) in [7, 11) is 1.73. The van der Waals surface area contributed by atoms with Crippen LogP contribution in [0.4, 0.5) is 9.59 Å². The third kappa shape index (κ3) is 10.2. The Labute approximate surface area is 168 Å². The zero-order valence-electron chi connectivity index (χ0n) is 18.3. The normalized spacial score (nSPS) is 17.9. The molecule has 0 bridgehead atoms. The molecule has 3 N–H and O–H groups in total. The van der Waals surface area contributed by atoms with E-state index in [4.69, 9.17) is 9.47 Å². The van der Waals surface area contributed by atoms with Gasteiger partial charge >= 0.3 is 12.2 Å². The van der Waals surface area contributed by atoms with Crippen LogP contribution in [-0.2, 0) is 9.47 Å². The van der Waals surface area contributed by atoms with Crippen molar-refractivity contribution in [1.82, 2.24) is 20.9 Å². The van der Waals surface area contributed by atoms with E-state index < -0.39 is 23.4 Å². The number of nitrogens with zero attached hydrogens (tertiary/aromatic N) is 2. The lowest BCUT2D eigenvalue weighted by atomic mass is 10.2. The van der Waals surface area contributed by atoms with Gasteiger partial charge in [-0.05, 0) is 54.4 Å². The number of hydrogen-bond acceptors (Lipinski definition) is 5. The molecule has 1 aliphatic heterocycles. The van der Waals surface area contributed by atoms with Gasteiger partial charge in [-0.2, -0.15) is 0 Å². The zero-order valence-corrected chi connectivity index (χ0v) is 18.3. The second-order valence-corrected chi connectivity index (χ2v) is 8.83. The maximum absolute atomic E-state index is 11.9. The van der Waals surface area contributed by atoms with Crippen LogP contribution < -0.4 is 16.0 Å². The van der Waals surface area contributed by atoms with Gasteiger partial charge in [0.1, 0.15) is 11.2 Å². The molecule has 2 amide bonds. The molecule has 0 aromatic rings. The van der Waals surface area contributed by atoms with E-state index in [1.54, 1.807) is 7.05 Å². The highest BCUT2D eigenvalue weighted by molar-refractivity contribution is 5.80. The Morgan fingerprint density at radius 3 is 2.14 bits per heavy atom. The predicted molar refractivity (Wildman–Crippen MR) is 110 cm³/mol. The third-order valence-corrected chi connectivity index (χ3v) is 3.73. The molecular formula is C19H37N5O4. The molecule has 1 saturated heterocycles. The molecule has 1 unspecified atom stereocenters. The molecule has 0 saturated carbocycles. The summed E-state index contributed by atoms with van der Waals surface area (Å²) in [6.45, 7) is 13.7. The van der Waals surface area contributed by atoms with Crippen molar-refractivity contribution in [3.63, 3.8) is 0 Å². The lowest BCUT2D eigenvalue weighted by Crippen LogP contribution is -2.44. The fraction of sp³-hybridized carbons (Fsp3) is 0.842. The average Bonchev–Trinajstić information content (AvgIpc) is 2.95. The van der Waals surface area contributed by atoms with Gasteiger partial charge in [-0.15, -0.1) is 0 Å². The number of rotatable bonds is 5. The summed E-state index contributed by atoms with van der Waals surface area (Å²) in [5.74, 6) is 0.783. The van der Waals surface area contributed by atoms with Crippen LogP contribution in [0.1, 0.15) is 54.4 Å². The molecule has 1 atom stereocenters. The summed E-state index contributed by atoms with van der Waals surface area (Å²) in [5, 5.41) is 8.92. The van der Waals surface area contributed by atoms with Crippen molar-refractivity contribution in [2.45, 2.75) is 71.6 Å². The second kappa shape index (κ2) is 10.4. The summed E-state index contributed by atoms with van der Waals surface area (Å²) >= 11 is 0. The minimum atomic E-state index is -0.507. The number of hydrogen-bond donors (Lipinski definition) is 3. The van der Waals surface area contributed by atoms with E-state index in [2.05, 4.69) is 25.8 Å². The smallest absolute Gasteiger partial charge is 0.407 e. The first kappa shape index (κ1) is 23.8. The number of likely N-dealkylation sites (tertiary alicyclic amines) is 1. The van der Waals surface area contributed by atoms with E-state index in [0.29, 0.717) is 19.6 Å². The lowest BCUT2D eigenvalue weighted by Gasteiger charge is -2.23. The predicted octanol–water partition coefficient (Wildman–Crippen LogP) is 2.08. The van der Waals surface area contributed by atoms with E-state index in [1.807, 2.05) is 41.5 Å². The molecule has 162 valence electrons. The maximum atomic E-state index is 11.9. The monoisotopic (exact) mass is 399 g/mol. The molecule has 0 radical (unpaired) electrons. The van der Waals surface area contributed by atoms with Crippen molar-refractivity contribution in [2.75, 3.05) is 33.2 Å². The number of carbonyl (C=O) groups is 2. The van der Waals surface area contributed by atoms with Gasteiger partial charge in [0.05, 0.1) is 6.04 Å². The van der Waals surface area contributed by atoms with E-state index in [-0.39, 0.29) is 6.04 Å². The Kier molecular flexibility index (Phi) is 8.84. The van der Waals surface area contributed by atoms with Gasteiger partial charge in [-0.3, -0.25) is 4.99 Å². The fourth-order valence-corrected chi connectivity index (χ4v) is 2.67. The Bertz CT molecular complexity index is 552. The lowest BCUT2D eigenvalue weighted by molar-refractivity contribution is 0.0501. The standard InChI is InChI=1S/C19H37N5O4/c1-18(2,3)27-16(25)22-11-8-10-21-15(20-7)24-12-9-14(13-24)23-17(26)28-19(4,5)6/h14H,8-13H2,1-7H3,(H,20,21)(H,22,25)(H,23,26). The van der Waals surface area contributed by atoms with Crippen LogP contribution in [-0.4, -0.2) is 73.5 Å². The number of guanidine groups is 1. The highest BCUT2D eigenvalue weighted by Gasteiger charge is 2.27. The topological polar surface area (TPSA) is 104 Å². The highest BCUT2D eigenvalue weighted by atomic mass is 16.6. The van der Waals surface area contributed by atoms with Crippen LogP contribution in [0.15, 0.2) is 4.99 Å². The summed E-state index contributed by atoms with van der Waals surface area (Å²) in [4.78, 5) is 29.9. The van der Waals surface area contributed by atoms with Crippen molar-refractivity contribution < 1.29 is 19.1 Å². The van der Waals surface area contributed by atoms with Crippen LogP contribution >= 0.6 is 0 Å². The van der Waals surface area contributed by atoms with Crippen molar-refractivity contribution >= 4 is 18.1 Å². The van der Waals surface area contributed by atoms with Crippen molar-refractivity contribution in [3.05, 3.63) is 0 Å². The van der Waals surface area contributed by atoms with Crippen molar-refractivity contribution in [3.8, 4) is 0 Å². The zero-order chi connectivity index (χ0) is 21.4. The molecule has 0 aromatic carbocycles. The first-order valence-electron chi connectivity index (χ1n) is 9.81. The third-order valence-electron chi connectivity index (χ3n) is 3.73. The number of carbonyl (C=O) groups excluding carboxylic acids is 2. The SMILES string of the molecule is CN=C(NCCCNC(=O)OC(C)(C)C)N1CCC(NC(=O)OC(C)(C)C)C1. The number of nitrogens with one attached hydrogen (secondary N) is 3. The minimum Gasteiger partial charge on any atom is -0.444 e. The molecule has 1 aliphatic rings. The Hall–Kier alpha value is -2.19. The van der Waals surface area contributed by atoms with Gasteiger partial charge in [0.2, 0.25) is 0 Å². The molecule has 0 aromatic heterocycles. The first-order valence-corrected chi connectivity index (χ1v) is 9.81. The number of aliphatic imine (C=N–C) groups is 1. The quantitative estimate of drug-likeness (QED) is 0.371. The average molecular weight is 400 g/mol. The molecular weight excluding hydrogens is 362 g/mol.